The maximum Gasteiger partial charge on any atom is 0.539 e. The largest absolute Gasteiger partial charge is 0.539 e. The fourth-order valence-electron chi connectivity index (χ4n) is 3.12. The summed E-state index contributed by atoms with van der Waals surface area (Å²) in [6.07, 6.45) is 6.24. The highest BCUT2D eigenvalue weighted by Crippen LogP contribution is 2.17. The van der Waals surface area contributed by atoms with Gasteiger partial charge in [0.15, 0.2) is 0 Å². The Labute approximate surface area is 285 Å². The first-order chi connectivity index (χ1) is 23.8. The molecule has 48 heavy (non-hydrogen) atoms. The highest BCUT2D eigenvalue weighted by atomic mass is 32.1. The lowest BCUT2D eigenvalue weighted by molar-refractivity contribution is -0.325. The molecule has 0 atom stereocenters. The number of amides is 4. The SMILES string of the molecule is CNC(=O)c1cccc(O)c1.CNC(=O)c1cccc(OC(=O)ON2C(=O)CCC2=O)c1.C[NH3+].O=C(O)c1cccc(O)c1.[2H]C#C.[2H]SC. The molecule has 1 aliphatic rings. The molecule has 8 N–H and O–H groups in total. The van der Waals surface area contributed by atoms with Crippen LogP contribution in [0.15, 0.2) is 72.8 Å². The summed E-state index contributed by atoms with van der Waals surface area (Å²) in [6, 6.07) is 17.5. The number of carbonyl (C=O) groups is 6. The molecule has 0 aliphatic carbocycles. The van der Waals surface area contributed by atoms with Crippen LogP contribution in [0.1, 0.15) is 45.3 Å². The van der Waals surface area contributed by atoms with Gasteiger partial charge in [-0.05, 0) is 60.9 Å². The number of phenols is 2. The van der Waals surface area contributed by atoms with E-state index in [2.05, 4.69) is 27.6 Å². The van der Waals surface area contributed by atoms with Gasteiger partial charge in [0.2, 0.25) is 0 Å². The second-order valence-corrected chi connectivity index (χ2v) is 8.12. The van der Waals surface area contributed by atoms with E-state index in [0.717, 1.165) is 12.5 Å². The van der Waals surface area contributed by atoms with Crippen LogP contribution in [0.2, 0.25) is 0 Å². The molecule has 0 radical (unpaired) electrons. The number of nitrogens with one attached hydrogen (secondary N) is 2. The van der Waals surface area contributed by atoms with Gasteiger partial charge in [-0.3, -0.25) is 24.0 Å². The number of hydrogen-bond donors (Lipinski definition) is 7. The number of nitrogens with zero attached hydrogens (tertiary/aromatic N) is 1. The van der Waals surface area contributed by atoms with Crippen molar-refractivity contribution in [2.24, 2.45) is 0 Å². The third kappa shape index (κ3) is 16.3. The molecule has 0 unspecified atom stereocenters. The summed E-state index contributed by atoms with van der Waals surface area (Å²) >= 11 is 1.000. The third-order valence-electron chi connectivity index (χ3n) is 5.12. The summed E-state index contributed by atoms with van der Waals surface area (Å²) in [5, 5.41) is 31.4. The molecular formula is C32H39N4O11S+. The highest BCUT2D eigenvalue weighted by Gasteiger charge is 2.33. The van der Waals surface area contributed by atoms with Crippen molar-refractivity contribution in [2.45, 2.75) is 12.8 Å². The molecule has 0 spiro atoms. The molecule has 15 nitrogen and oxygen atoms in total. The number of terminal acetylenes is 1. The van der Waals surface area contributed by atoms with Crippen molar-refractivity contribution >= 4 is 48.3 Å². The summed E-state index contributed by atoms with van der Waals surface area (Å²) in [5.74, 6) is -2.64. The number of benzene rings is 3. The van der Waals surface area contributed by atoms with Gasteiger partial charge >= 0.3 is 12.1 Å². The number of quaternary nitrogens is 1. The fourth-order valence-corrected chi connectivity index (χ4v) is 3.12. The Hall–Kier alpha value is -6.05. The normalized spacial score (nSPS) is 10.9. The van der Waals surface area contributed by atoms with E-state index in [1.165, 1.54) is 74.1 Å². The smallest absolute Gasteiger partial charge is 0.508 e. The van der Waals surface area contributed by atoms with Crippen molar-refractivity contribution in [2.75, 3.05) is 27.4 Å². The second-order valence-electron chi connectivity index (χ2n) is 8.12. The number of aromatic carboxylic acids is 1. The van der Waals surface area contributed by atoms with Gasteiger partial charge in [0, 0.05) is 38.1 Å². The molecule has 0 bridgehead atoms. The predicted octanol–water partition coefficient (Wildman–Crippen LogP) is 2.12. The molecule has 4 rings (SSSR count). The second kappa shape index (κ2) is 25.2. The number of imide groups is 1. The highest BCUT2D eigenvalue weighted by molar-refractivity contribution is 7.79. The van der Waals surface area contributed by atoms with Crippen molar-refractivity contribution in [3.63, 3.8) is 0 Å². The van der Waals surface area contributed by atoms with Gasteiger partial charge in [-0.15, -0.1) is 12.8 Å². The van der Waals surface area contributed by atoms with Gasteiger partial charge in [-0.1, -0.05) is 23.3 Å². The quantitative estimate of drug-likeness (QED) is 0.0673. The number of hydrogen-bond acceptors (Lipinski definition) is 11. The summed E-state index contributed by atoms with van der Waals surface area (Å²) in [6.45, 7) is 0. The molecule has 4 amide bonds. The van der Waals surface area contributed by atoms with Crippen molar-refractivity contribution in [1.29, 1.82) is 1.12 Å². The third-order valence-corrected chi connectivity index (χ3v) is 5.12. The number of hydroxylamine groups is 2. The van der Waals surface area contributed by atoms with E-state index in [9.17, 15) is 28.8 Å². The Balaban J connectivity index is 0. The monoisotopic (exact) mass is 689 g/mol. The zero-order chi connectivity index (χ0) is 38.6. The van der Waals surface area contributed by atoms with Crippen LogP contribution < -0.4 is 21.1 Å². The molecule has 1 saturated heterocycles. The maximum absolute atomic E-state index is 11.5. The standard InChI is InChI=1S/C13H12N2O6.C8H9NO2.C7H6O3.C2H2.CH5N.CH4S/c1-14-12(18)8-3-2-4-9(7-8)20-13(19)21-15-10(16)5-6-11(15)17;1-9-8(11)6-3-2-4-7(10)5-6;8-6-3-1-2-5(4-6)7(9)10;3*1-2/h2-4,7H,5-6H2,1H3,(H,14,18);2-5,10H,1H3,(H,9,11);1-4,8H,(H,9,10);1-2H;2H2,1H3;2H,1H3/p+1/i;;;1D;;/hD. The average molecular weight is 690 g/mol. The van der Waals surface area contributed by atoms with E-state index in [1.54, 1.807) is 32.5 Å². The minimum atomic E-state index is -1.23. The predicted molar refractivity (Wildman–Crippen MR) is 178 cm³/mol. The Morgan fingerprint density at radius 2 is 1.25 bits per heavy atom. The molecule has 1 aliphatic heterocycles. The van der Waals surface area contributed by atoms with Gasteiger partial charge in [-0.2, -0.15) is 12.5 Å². The zero-order valence-electron chi connectivity index (χ0n) is 28.6. The van der Waals surface area contributed by atoms with E-state index in [-0.39, 0.29) is 53.0 Å². The van der Waals surface area contributed by atoms with Crippen LogP contribution in [0.25, 0.3) is 0 Å². The van der Waals surface area contributed by atoms with E-state index in [1.807, 2.05) is 0 Å². The van der Waals surface area contributed by atoms with Gasteiger partial charge < -0.3 is 36.4 Å². The number of phenolic OH excluding ortho intramolecular Hbond substituents is 2. The number of carbonyl (C=O) groups excluding carboxylic acids is 5. The van der Waals surface area contributed by atoms with Crippen LogP contribution in [0.4, 0.5) is 4.79 Å². The molecule has 16 heteroatoms. The minimum Gasteiger partial charge on any atom is -0.508 e. The van der Waals surface area contributed by atoms with Crippen molar-refractivity contribution in [1.82, 2.24) is 15.7 Å². The maximum atomic E-state index is 11.5. The van der Waals surface area contributed by atoms with Gasteiger partial charge in [-0.25, -0.2) is 9.59 Å². The lowest BCUT2D eigenvalue weighted by Gasteiger charge is -2.12. The van der Waals surface area contributed by atoms with Gasteiger partial charge in [0.1, 0.15) is 19.7 Å². The fraction of sp³-hybridized carbons (Fsp3) is 0.188. The molecule has 1 heterocycles. The van der Waals surface area contributed by atoms with Crippen LogP contribution in [-0.2, 0) is 14.4 Å². The number of aromatic hydroxyl groups is 2. The van der Waals surface area contributed by atoms with Crippen molar-refractivity contribution < 1.29 is 60.8 Å². The summed E-state index contributed by atoms with van der Waals surface area (Å²) in [7, 11) is 4.76. The summed E-state index contributed by atoms with van der Waals surface area (Å²) in [5.41, 5.74) is 4.10. The Morgan fingerprint density at radius 1 is 0.854 bits per heavy atom. The zero-order valence-corrected chi connectivity index (χ0v) is 27.4. The van der Waals surface area contributed by atoms with Gasteiger partial charge in [0.05, 0.1) is 12.6 Å². The summed E-state index contributed by atoms with van der Waals surface area (Å²) < 4.78 is 16.7. The van der Waals surface area contributed by atoms with Crippen LogP contribution in [0, 0.1) is 12.8 Å². The minimum absolute atomic E-state index is 0.00172. The first-order valence-electron chi connectivity index (χ1n) is 14.4. The van der Waals surface area contributed by atoms with Crippen LogP contribution >= 0.6 is 12.5 Å². The van der Waals surface area contributed by atoms with Crippen LogP contribution in [-0.4, -0.2) is 84.7 Å². The molecule has 3 aromatic rings. The Kier molecular flexibility index (Phi) is 21.0. The van der Waals surface area contributed by atoms with Crippen LogP contribution in [0.5, 0.6) is 17.2 Å². The number of carboxylic acid groups (broad SMARTS) is 1. The number of carboxylic acids is 1. The molecule has 1 fully saturated rings. The number of rotatable bonds is 5. The summed E-state index contributed by atoms with van der Waals surface area (Å²) in [4.78, 5) is 71.2. The van der Waals surface area contributed by atoms with E-state index in [0.29, 0.717) is 10.6 Å². The molecule has 3 aromatic carbocycles. The lowest BCUT2D eigenvalue weighted by Crippen LogP contribution is -2.40. The molecule has 0 aromatic heterocycles. The average Bonchev–Trinajstić information content (AvgIpc) is 3.42. The first-order valence-corrected chi connectivity index (χ1v) is 14.3. The van der Waals surface area contributed by atoms with Crippen LogP contribution in [0.3, 0.4) is 0 Å². The van der Waals surface area contributed by atoms with E-state index < -0.39 is 23.9 Å². The molecule has 258 valence electrons. The van der Waals surface area contributed by atoms with Gasteiger partial charge in [0.25, 0.3) is 23.6 Å². The molecule has 0 saturated carbocycles. The lowest BCUT2D eigenvalue weighted by atomic mass is 10.2. The first kappa shape index (κ1) is 40.0. The van der Waals surface area contributed by atoms with Crippen molar-refractivity contribution in [3.8, 4) is 30.1 Å². The van der Waals surface area contributed by atoms with Crippen molar-refractivity contribution in [3.05, 3.63) is 89.5 Å². The Morgan fingerprint density at radius 3 is 1.65 bits per heavy atom. The number of thiol groups is 1. The topological polar surface area (TPSA) is 237 Å². The number of ether oxygens (including phenoxy) is 1. The Bertz CT molecular complexity index is 1590. The molecular weight excluding hydrogens is 648 g/mol. The van der Waals surface area contributed by atoms with E-state index >= 15 is 0 Å². The van der Waals surface area contributed by atoms with E-state index in [4.69, 9.17) is 22.6 Å².